The van der Waals surface area contributed by atoms with Crippen LogP contribution in [0.3, 0.4) is 0 Å². The third kappa shape index (κ3) is 4.96. The lowest BCUT2D eigenvalue weighted by Gasteiger charge is -2.35. The highest BCUT2D eigenvalue weighted by atomic mass is 16.2. The maximum absolute atomic E-state index is 13.3. The van der Waals surface area contributed by atoms with Crippen molar-refractivity contribution in [2.24, 2.45) is 0 Å². The molecule has 2 aliphatic heterocycles. The van der Waals surface area contributed by atoms with E-state index in [1.165, 1.54) is 5.56 Å². The number of benzene rings is 1. The summed E-state index contributed by atoms with van der Waals surface area (Å²) >= 11 is 0. The van der Waals surface area contributed by atoms with Crippen LogP contribution in [0.1, 0.15) is 28.5 Å². The van der Waals surface area contributed by atoms with Gasteiger partial charge in [0.1, 0.15) is 11.5 Å². The summed E-state index contributed by atoms with van der Waals surface area (Å²) in [7, 11) is 0. The molecule has 2 saturated heterocycles. The van der Waals surface area contributed by atoms with E-state index in [0.29, 0.717) is 25.3 Å². The first kappa shape index (κ1) is 21.3. The minimum Gasteiger partial charge on any atom is -0.353 e. The summed E-state index contributed by atoms with van der Waals surface area (Å²) in [4.78, 5) is 33.1. The van der Waals surface area contributed by atoms with Gasteiger partial charge in [0.2, 0.25) is 5.95 Å². The van der Waals surface area contributed by atoms with Crippen molar-refractivity contribution in [2.45, 2.75) is 12.5 Å². The van der Waals surface area contributed by atoms with Gasteiger partial charge in [0.15, 0.2) is 0 Å². The van der Waals surface area contributed by atoms with E-state index >= 15 is 0 Å². The zero-order valence-corrected chi connectivity index (χ0v) is 18.7. The summed E-state index contributed by atoms with van der Waals surface area (Å²) in [5, 5.41) is 3.59. The van der Waals surface area contributed by atoms with Gasteiger partial charge in [0.05, 0.1) is 0 Å². The van der Waals surface area contributed by atoms with Gasteiger partial charge in [-0.05, 0) is 30.2 Å². The molecule has 4 heterocycles. The molecule has 33 heavy (non-hydrogen) atoms. The Morgan fingerprint density at radius 3 is 2.55 bits per heavy atom. The van der Waals surface area contributed by atoms with Crippen LogP contribution in [-0.2, 0) is 0 Å². The summed E-state index contributed by atoms with van der Waals surface area (Å²) in [6.07, 6.45) is 4.38. The highest BCUT2D eigenvalue weighted by Gasteiger charge is 2.25. The number of hydrogen-bond donors (Lipinski definition) is 1. The first-order valence-electron chi connectivity index (χ1n) is 11.6. The number of carbonyl (C=O) groups excluding carboxylic acids is 1. The number of aromatic nitrogens is 3. The molecule has 8 nitrogen and oxygen atoms in total. The van der Waals surface area contributed by atoms with Crippen molar-refractivity contribution in [3.05, 3.63) is 78.2 Å². The summed E-state index contributed by atoms with van der Waals surface area (Å²) in [5.41, 5.74) is 1.78. The molecule has 0 spiro atoms. The molecule has 0 radical (unpaired) electrons. The number of amides is 1. The van der Waals surface area contributed by atoms with Gasteiger partial charge in [-0.1, -0.05) is 36.4 Å². The van der Waals surface area contributed by atoms with E-state index in [2.05, 4.69) is 49.4 Å². The molecule has 8 heteroatoms. The topological polar surface area (TPSA) is 77.5 Å². The van der Waals surface area contributed by atoms with E-state index in [1.54, 1.807) is 12.4 Å². The molecule has 0 unspecified atom stereocenters. The van der Waals surface area contributed by atoms with Gasteiger partial charge in [0.25, 0.3) is 5.91 Å². The molecule has 1 atom stereocenters. The molecule has 1 aromatic carbocycles. The highest BCUT2D eigenvalue weighted by Crippen LogP contribution is 2.22. The molecule has 2 fully saturated rings. The number of anilines is 2. The summed E-state index contributed by atoms with van der Waals surface area (Å²) < 4.78 is 0. The molecular weight excluding hydrogens is 414 g/mol. The van der Waals surface area contributed by atoms with Crippen LogP contribution in [0.4, 0.5) is 11.8 Å². The minimum absolute atomic E-state index is 0.0116. The van der Waals surface area contributed by atoms with Crippen LogP contribution in [0.5, 0.6) is 0 Å². The second kappa shape index (κ2) is 9.95. The van der Waals surface area contributed by atoms with E-state index < -0.39 is 0 Å². The standard InChI is InChI=1S/C25H29N7O/c33-24(30-14-6-15-31(18-17-30)25-27-11-5-12-28-25)21-9-4-10-23(29-21)32-16-13-26-22(19-32)20-7-2-1-3-8-20/h1-5,7-12,22,26H,6,13-19H2/t22-/m0/s1. The number of carbonyl (C=O) groups is 1. The fourth-order valence-electron chi connectivity index (χ4n) is 4.52. The minimum atomic E-state index is -0.0116. The monoisotopic (exact) mass is 443 g/mol. The van der Waals surface area contributed by atoms with Crippen LogP contribution >= 0.6 is 0 Å². The number of piperazine rings is 1. The van der Waals surface area contributed by atoms with Gasteiger partial charge in [-0.25, -0.2) is 15.0 Å². The normalized spacial score (nSPS) is 19.3. The van der Waals surface area contributed by atoms with E-state index in [1.807, 2.05) is 35.2 Å². The predicted octanol–water partition coefficient (Wildman–Crippen LogP) is 2.38. The lowest BCUT2D eigenvalue weighted by atomic mass is 10.0. The molecule has 5 rings (SSSR count). The Bertz CT molecular complexity index is 1060. The summed E-state index contributed by atoms with van der Waals surface area (Å²) in [5.74, 6) is 1.57. The van der Waals surface area contributed by atoms with Gasteiger partial charge in [-0.15, -0.1) is 0 Å². The number of pyridine rings is 1. The van der Waals surface area contributed by atoms with Crippen molar-refractivity contribution in [3.8, 4) is 0 Å². The van der Waals surface area contributed by atoms with Crippen LogP contribution in [0, 0.1) is 0 Å². The maximum atomic E-state index is 13.3. The quantitative estimate of drug-likeness (QED) is 0.663. The zero-order valence-electron chi connectivity index (χ0n) is 18.7. The van der Waals surface area contributed by atoms with E-state index in [9.17, 15) is 4.79 Å². The van der Waals surface area contributed by atoms with Crippen LogP contribution in [0.15, 0.2) is 67.0 Å². The van der Waals surface area contributed by atoms with Crippen molar-refractivity contribution in [2.75, 3.05) is 55.6 Å². The Labute approximate surface area is 194 Å². The van der Waals surface area contributed by atoms with Gasteiger partial charge in [-0.2, -0.15) is 0 Å². The molecule has 0 saturated carbocycles. The number of rotatable bonds is 4. The van der Waals surface area contributed by atoms with Crippen LogP contribution in [-0.4, -0.2) is 71.6 Å². The van der Waals surface area contributed by atoms with E-state index in [-0.39, 0.29) is 11.9 Å². The number of nitrogens with zero attached hydrogens (tertiary/aromatic N) is 6. The molecule has 1 amide bonds. The Hall–Kier alpha value is -3.52. The van der Waals surface area contributed by atoms with E-state index in [4.69, 9.17) is 4.98 Å². The average Bonchev–Trinajstić information content (AvgIpc) is 3.16. The lowest BCUT2D eigenvalue weighted by molar-refractivity contribution is 0.0761. The smallest absolute Gasteiger partial charge is 0.272 e. The molecular formula is C25H29N7O. The molecule has 1 N–H and O–H groups in total. The van der Waals surface area contributed by atoms with Gasteiger partial charge in [-0.3, -0.25) is 4.79 Å². The number of hydrogen-bond acceptors (Lipinski definition) is 7. The Balaban J connectivity index is 1.26. The summed E-state index contributed by atoms with van der Waals surface area (Å²) in [6.45, 7) is 5.45. The fourth-order valence-corrected chi connectivity index (χ4v) is 4.52. The summed E-state index contributed by atoms with van der Waals surface area (Å²) in [6, 6.07) is 18.3. The van der Waals surface area contributed by atoms with Crippen molar-refractivity contribution >= 4 is 17.7 Å². The van der Waals surface area contributed by atoms with Crippen LogP contribution in [0.2, 0.25) is 0 Å². The Morgan fingerprint density at radius 1 is 0.848 bits per heavy atom. The second-order valence-corrected chi connectivity index (χ2v) is 8.43. The van der Waals surface area contributed by atoms with Crippen molar-refractivity contribution in [1.29, 1.82) is 0 Å². The zero-order chi connectivity index (χ0) is 22.5. The third-order valence-electron chi connectivity index (χ3n) is 6.27. The van der Waals surface area contributed by atoms with Gasteiger partial charge in [0, 0.05) is 64.2 Å². The SMILES string of the molecule is O=C(c1cccc(N2CCN[C@H](c3ccccc3)C2)n1)N1CCCN(c2ncccn2)CC1. The van der Waals surface area contributed by atoms with Crippen LogP contribution < -0.4 is 15.1 Å². The Morgan fingerprint density at radius 2 is 1.70 bits per heavy atom. The lowest BCUT2D eigenvalue weighted by Crippen LogP contribution is -2.46. The van der Waals surface area contributed by atoms with Crippen molar-refractivity contribution in [1.82, 2.24) is 25.2 Å². The fraction of sp³-hybridized carbons (Fsp3) is 0.360. The molecule has 2 aliphatic rings. The average molecular weight is 444 g/mol. The molecule has 0 bridgehead atoms. The van der Waals surface area contributed by atoms with Gasteiger partial charge >= 0.3 is 0 Å². The molecule has 3 aromatic rings. The van der Waals surface area contributed by atoms with Gasteiger partial charge < -0.3 is 20.0 Å². The number of nitrogens with one attached hydrogen (secondary N) is 1. The molecule has 2 aromatic heterocycles. The largest absolute Gasteiger partial charge is 0.353 e. The third-order valence-corrected chi connectivity index (χ3v) is 6.27. The second-order valence-electron chi connectivity index (χ2n) is 8.43. The first-order valence-corrected chi connectivity index (χ1v) is 11.6. The van der Waals surface area contributed by atoms with E-state index in [0.717, 1.165) is 44.4 Å². The van der Waals surface area contributed by atoms with Crippen molar-refractivity contribution in [3.63, 3.8) is 0 Å². The predicted molar refractivity (Wildman–Crippen MR) is 128 cm³/mol. The molecule has 0 aliphatic carbocycles. The first-order chi connectivity index (χ1) is 16.3. The maximum Gasteiger partial charge on any atom is 0.272 e. The van der Waals surface area contributed by atoms with Crippen LogP contribution in [0.25, 0.3) is 0 Å². The molecule has 170 valence electrons. The highest BCUT2D eigenvalue weighted by molar-refractivity contribution is 5.92. The van der Waals surface area contributed by atoms with Crippen molar-refractivity contribution < 1.29 is 4.79 Å². The Kier molecular flexibility index (Phi) is 6.44.